The molecule has 1 heterocycles. The highest BCUT2D eigenvalue weighted by molar-refractivity contribution is 5.63. The first-order valence-electron chi connectivity index (χ1n) is 6.20. The predicted octanol–water partition coefficient (Wildman–Crippen LogP) is 4.30. The molecule has 0 spiro atoms. The van der Waals surface area contributed by atoms with Crippen molar-refractivity contribution >= 4 is 0 Å². The Labute approximate surface area is 111 Å². The minimum absolute atomic E-state index is 0.159. The molecule has 0 aliphatic heterocycles. The van der Waals surface area contributed by atoms with E-state index in [4.69, 9.17) is 0 Å². The van der Waals surface area contributed by atoms with E-state index in [9.17, 15) is 8.78 Å². The van der Waals surface area contributed by atoms with Crippen LogP contribution < -0.4 is 4.74 Å². The number of ether oxygens (including phenoxy) is 1. The molecule has 19 heavy (non-hydrogen) atoms. The summed E-state index contributed by atoms with van der Waals surface area (Å²) < 4.78 is 28.5. The van der Waals surface area contributed by atoms with Crippen LogP contribution in [0.1, 0.15) is 18.9 Å². The lowest BCUT2D eigenvalue weighted by Gasteiger charge is -2.09. The average Bonchev–Trinajstić information content (AvgIpc) is 2.40. The number of nitrogens with zero attached hydrogens (tertiary/aromatic N) is 1. The summed E-state index contributed by atoms with van der Waals surface area (Å²) in [6.07, 6.45) is 3.71. The van der Waals surface area contributed by atoms with Crippen LogP contribution in [0.4, 0.5) is 8.78 Å². The van der Waals surface area contributed by atoms with E-state index in [1.165, 1.54) is 12.1 Å². The van der Waals surface area contributed by atoms with Crippen molar-refractivity contribution in [1.29, 1.82) is 0 Å². The molecule has 0 saturated carbocycles. The molecular weight excluding hydrogens is 248 g/mol. The number of alkyl halides is 2. The van der Waals surface area contributed by atoms with Crippen molar-refractivity contribution in [1.82, 2.24) is 4.98 Å². The lowest BCUT2D eigenvalue weighted by Crippen LogP contribution is -2.01. The van der Waals surface area contributed by atoms with Gasteiger partial charge in [0.25, 0.3) is 0 Å². The van der Waals surface area contributed by atoms with E-state index in [1.807, 2.05) is 12.1 Å². The number of benzene rings is 1. The Morgan fingerprint density at radius 1 is 1.16 bits per heavy atom. The Bertz CT molecular complexity index is 526. The summed E-state index contributed by atoms with van der Waals surface area (Å²) in [7, 11) is 0. The summed E-state index contributed by atoms with van der Waals surface area (Å²) in [5.41, 5.74) is 2.96. The van der Waals surface area contributed by atoms with Crippen LogP contribution in [0, 0.1) is 0 Å². The summed E-state index contributed by atoms with van der Waals surface area (Å²) in [5, 5.41) is 0. The molecule has 4 heteroatoms. The zero-order chi connectivity index (χ0) is 13.7. The van der Waals surface area contributed by atoms with Crippen LogP contribution in [-0.4, -0.2) is 11.6 Å². The fourth-order valence-corrected chi connectivity index (χ4v) is 1.96. The Morgan fingerprint density at radius 2 is 1.89 bits per heavy atom. The van der Waals surface area contributed by atoms with Crippen molar-refractivity contribution < 1.29 is 13.5 Å². The van der Waals surface area contributed by atoms with Gasteiger partial charge in [0, 0.05) is 11.8 Å². The molecule has 2 rings (SSSR count). The Kier molecular flexibility index (Phi) is 4.44. The van der Waals surface area contributed by atoms with E-state index in [2.05, 4.69) is 16.6 Å². The molecule has 100 valence electrons. The first kappa shape index (κ1) is 13.5. The van der Waals surface area contributed by atoms with E-state index in [1.54, 1.807) is 18.3 Å². The third-order valence-electron chi connectivity index (χ3n) is 2.76. The van der Waals surface area contributed by atoms with Crippen molar-refractivity contribution in [2.75, 3.05) is 0 Å². The van der Waals surface area contributed by atoms with Gasteiger partial charge in [-0.05, 0) is 42.3 Å². The van der Waals surface area contributed by atoms with Gasteiger partial charge in [0.15, 0.2) is 0 Å². The fraction of sp³-hybridized carbons (Fsp3) is 0.267. The van der Waals surface area contributed by atoms with Crippen LogP contribution in [0.25, 0.3) is 11.3 Å². The fourth-order valence-electron chi connectivity index (χ4n) is 1.96. The maximum Gasteiger partial charge on any atom is 0.387 e. The van der Waals surface area contributed by atoms with Gasteiger partial charge in [-0.3, -0.25) is 4.98 Å². The second kappa shape index (κ2) is 6.27. The zero-order valence-corrected chi connectivity index (χ0v) is 10.6. The van der Waals surface area contributed by atoms with Gasteiger partial charge in [-0.15, -0.1) is 0 Å². The summed E-state index contributed by atoms with van der Waals surface area (Å²) in [5.74, 6) is 0.159. The van der Waals surface area contributed by atoms with Gasteiger partial charge in [-0.25, -0.2) is 0 Å². The van der Waals surface area contributed by atoms with Crippen molar-refractivity contribution in [2.24, 2.45) is 0 Å². The molecule has 0 amide bonds. The van der Waals surface area contributed by atoms with Crippen LogP contribution in [0.3, 0.4) is 0 Å². The third kappa shape index (κ3) is 3.50. The third-order valence-corrected chi connectivity index (χ3v) is 2.76. The highest BCUT2D eigenvalue weighted by Gasteiger charge is 2.07. The minimum Gasteiger partial charge on any atom is -0.435 e. The van der Waals surface area contributed by atoms with Crippen LogP contribution in [0.5, 0.6) is 5.75 Å². The number of aryl methyl sites for hydroxylation is 1. The van der Waals surface area contributed by atoms with E-state index in [0.717, 1.165) is 29.7 Å². The van der Waals surface area contributed by atoms with Crippen LogP contribution in [0.15, 0.2) is 42.6 Å². The Hall–Kier alpha value is -1.97. The van der Waals surface area contributed by atoms with Gasteiger partial charge >= 0.3 is 6.61 Å². The monoisotopic (exact) mass is 263 g/mol. The van der Waals surface area contributed by atoms with E-state index in [0.29, 0.717) is 0 Å². The van der Waals surface area contributed by atoms with Crippen LogP contribution in [-0.2, 0) is 6.42 Å². The second-order valence-corrected chi connectivity index (χ2v) is 4.16. The van der Waals surface area contributed by atoms with Gasteiger partial charge in [0.2, 0.25) is 0 Å². The Balaban J connectivity index is 2.27. The average molecular weight is 263 g/mol. The van der Waals surface area contributed by atoms with Gasteiger partial charge in [0.05, 0.1) is 5.69 Å². The molecule has 0 fully saturated rings. The largest absolute Gasteiger partial charge is 0.435 e. The lowest BCUT2D eigenvalue weighted by molar-refractivity contribution is -0.0498. The van der Waals surface area contributed by atoms with E-state index >= 15 is 0 Å². The minimum atomic E-state index is -2.80. The molecule has 0 unspecified atom stereocenters. The number of hydrogen-bond acceptors (Lipinski definition) is 2. The van der Waals surface area contributed by atoms with Crippen molar-refractivity contribution in [2.45, 2.75) is 26.4 Å². The smallest absolute Gasteiger partial charge is 0.387 e. The first-order valence-corrected chi connectivity index (χ1v) is 6.20. The van der Waals surface area contributed by atoms with E-state index < -0.39 is 6.61 Å². The maximum absolute atomic E-state index is 12.1. The molecule has 2 nitrogen and oxygen atoms in total. The molecule has 0 aliphatic carbocycles. The van der Waals surface area contributed by atoms with Crippen molar-refractivity contribution in [3.8, 4) is 17.0 Å². The lowest BCUT2D eigenvalue weighted by atomic mass is 10.0. The quantitative estimate of drug-likeness (QED) is 0.802. The van der Waals surface area contributed by atoms with Gasteiger partial charge in [-0.2, -0.15) is 8.78 Å². The summed E-state index contributed by atoms with van der Waals surface area (Å²) in [4.78, 5) is 4.37. The van der Waals surface area contributed by atoms with Gasteiger partial charge in [-0.1, -0.05) is 19.4 Å². The van der Waals surface area contributed by atoms with Crippen molar-refractivity contribution in [3.05, 3.63) is 48.2 Å². The zero-order valence-electron chi connectivity index (χ0n) is 10.6. The first-order chi connectivity index (χ1) is 9.20. The number of halogens is 2. The van der Waals surface area contributed by atoms with E-state index in [-0.39, 0.29) is 5.75 Å². The van der Waals surface area contributed by atoms with Gasteiger partial charge < -0.3 is 4.74 Å². The molecule has 0 saturated heterocycles. The second-order valence-electron chi connectivity index (χ2n) is 4.16. The molecule has 0 atom stereocenters. The molecule has 2 aromatic rings. The van der Waals surface area contributed by atoms with Crippen LogP contribution in [0.2, 0.25) is 0 Å². The summed E-state index contributed by atoms with van der Waals surface area (Å²) in [6, 6.07) is 10.5. The number of rotatable bonds is 5. The highest BCUT2D eigenvalue weighted by Crippen LogP contribution is 2.25. The molecule has 0 aliphatic rings. The SMILES string of the molecule is CCCc1cccnc1-c1ccc(OC(F)F)cc1. The maximum atomic E-state index is 12.1. The molecule has 0 radical (unpaired) electrons. The standard InChI is InChI=1S/C15H15F2NO/c1-2-4-11-5-3-10-18-14(11)12-6-8-13(9-7-12)19-15(16)17/h3,5-10,15H,2,4H2,1H3. The molecule has 1 aromatic heterocycles. The normalized spacial score (nSPS) is 10.7. The molecular formula is C15H15F2NO. The van der Waals surface area contributed by atoms with Crippen molar-refractivity contribution in [3.63, 3.8) is 0 Å². The highest BCUT2D eigenvalue weighted by atomic mass is 19.3. The Morgan fingerprint density at radius 3 is 2.53 bits per heavy atom. The van der Waals surface area contributed by atoms with Gasteiger partial charge in [0.1, 0.15) is 5.75 Å². The molecule has 0 bridgehead atoms. The summed E-state index contributed by atoms with van der Waals surface area (Å²) in [6.45, 7) is -0.688. The topological polar surface area (TPSA) is 22.1 Å². The van der Waals surface area contributed by atoms with Crippen LogP contribution >= 0.6 is 0 Å². The molecule has 1 aromatic carbocycles. The summed E-state index contributed by atoms with van der Waals surface area (Å²) >= 11 is 0. The predicted molar refractivity (Wildman–Crippen MR) is 70.3 cm³/mol. The molecule has 0 N–H and O–H groups in total. The number of aromatic nitrogens is 1. The number of hydrogen-bond donors (Lipinski definition) is 0. The number of pyridine rings is 1.